The summed E-state index contributed by atoms with van der Waals surface area (Å²) in [6.45, 7) is 8.75. The van der Waals surface area contributed by atoms with Gasteiger partial charge in [0.05, 0.1) is 11.0 Å². The molecule has 2 heterocycles. The SMILES string of the molecule is Cc1nc2ccc(C(=O)N3CCNCC3C(C)C)cc2[nH]1. The average molecular weight is 286 g/mol. The third kappa shape index (κ3) is 2.65. The fourth-order valence-electron chi connectivity index (χ4n) is 3.01. The number of H-pyrrole nitrogens is 1. The van der Waals surface area contributed by atoms with Crippen molar-refractivity contribution in [3.8, 4) is 0 Å². The highest BCUT2D eigenvalue weighted by Gasteiger charge is 2.29. The van der Waals surface area contributed by atoms with Gasteiger partial charge in [0.1, 0.15) is 5.82 Å². The van der Waals surface area contributed by atoms with Crippen LogP contribution in [0.5, 0.6) is 0 Å². The van der Waals surface area contributed by atoms with E-state index in [9.17, 15) is 4.79 Å². The molecule has 21 heavy (non-hydrogen) atoms. The Labute approximate surface area is 124 Å². The molecule has 3 rings (SSSR count). The molecule has 1 unspecified atom stereocenters. The molecular weight excluding hydrogens is 264 g/mol. The number of aromatic nitrogens is 2. The van der Waals surface area contributed by atoms with Gasteiger partial charge in [0.2, 0.25) is 0 Å². The minimum absolute atomic E-state index is 0.115. The number of benzene rings is 1. The Morgan fingerprint density at radius 3 is 3.00 bits per heavy atom. The Bertz CT molecular complexity index is 661. The van der Waals surface area contributed by atoms with E-state index in [2.05, 4.69) is 29.1 Å². The lowest BCUT2D eigenvalue weighted by Gasteiger charge is -2.38. The van der Waals surface area contributed by atoms with E-state index in [1.807, 2.05) is 30.0 Å². The second-order valence-corrected chi connectivity index (χ2v) is 6.07. The molecule has 0 aliphatic carbocycles. The maximum Gasteiger partial charge on any atom is 0.254 e. The van der Waals surface area contributed by atoms with E-state index >= 15 is 0 Å². The third-order valence-corrected chi connectivity index (χ3v) is 4.16. The predicted molar refractivity (Wildman–Crippen MR) is 83.4 cm³/mol. The molecule has 0 spiro atoms. The number of fused-ring (bicyclic) bond motifs is 1. The van der Waals surface area contributed by atoms with Crippen LogP contribution in [-0.4, -0.2) is 46.5 Å². The summed E-state index contributed by atoms with van der Waals surface area (Å²) in [5, 5.41) is 3.38. The first-order valence-electron chi connectivity index (χ1n) is 7.54. The average Bonchev–Trinajstić information content (AvgIpc) is 2.85. The number of rotatable bonds is 2. The number of piperazine rings is 1. The number of hydrogen-bond acceptors (Lipinski definition) is 3. The number of imidazole rings is 1. The molecule has 1 amide bonds. The molecule has 1 aliphatic rings. The topological polar surface area (TPSA) is 61.0 Å². The van der Waals surface area contributed by atoms with Crippen LogP contribution in [0, 0.1) is 12.8 Å². The maximum atomic E-state index is 12.8. The number of nitrogens with one attached hydrogen (secondary N) is 2. The molecule has 1 fully saturated rings. The summed E-state index contributed by atoms with van der Waals surface area (Å²) in [7, 11) is 0. The van der Waals surface area contributed by atoms with Gasteiger partial charge in [0.15, 0.2) is 0 Å². The van der Waals surface area contributed by atoms with E-state index in [4.69, 9.17) is 0 Å². The lowest BCUT2D eigenvalue weighted by Crippen LogP contribution is -2.55. The van der Waals surface area contributed by atoms with Crippen LogP contribution >= 0.6 is 0 Å². The molecule has 1 aromatic heterocycles. The van der Waals surface area contributed by atoms with Crippen LogP contribution < -0.4 is 5.32 Å². The van der Waals surface area contributed by atoms with Crippen molar-refractivity contribution in [2.45, 2.75) is 26.8 Å². The van der Waals surface area contributed by atoms with E-state index < -0.39 is 0 Å². The molecule has 1 atom stereocenters. The fourth-order valence-corrected chi connectivity index (χ4v) is 3.01. The van der Waals surface area contributed by atoms with Gasteiger partial charge in [-0.1, -0.05) is 13.8 Å². The van der Waals surface area contributed by atoms with E-state index in [0.29, 0.717) is 5.92 Å². The van der Waals surface area contributed by atoms with Crippen molar-refractivity contribution in [2.75, 3.05) is 19.6 Å². The summed E-state index contributed by atoms with van der Waals surface area (Å²) in [4.78, 5) is 22.4. The van der Waals surface area contributed by atoms with Crippen LogP contribution in [-0.2, 0) is 0 Å². The normalized spacial score (nSPS) is 19.4. The smallest absolute Gasteiger partial charge is 0.254 e. The van der Waals surface area contributed by atoms with E-state index in [1.54, 1.807) is 0 Å². The van der Waals surface area contributed by atoms with Gasteiger partial charge in [0.25, 0.3) is 5.91 Å². The lowest BCUT2D eigenvalue weighted by molar-refractivity contribution is 0.0573. The second-order valence-electron chi connectivity index (χ2n) is 6.07. The van der Waals surface area contributed by atoms with Crippen molar-refractivity contribution < 1.29 is 4.79 Å². The fraction of sp³-hybridized carbons (Fsp3) is 0.500. The van der Waals surface area contributed by atoms with Crippen LogP contribution in [0.3, 0.4) is 0 Å². The highest BCUT2D eigenvalue weighted by atomic mass is 16.2. The number of nitrogens with zero attached hydrogens (tertiary/aromatic N) is 2. The molecule has 5 heteroatoms. The summed E-state index contributed by atoms with van der Waals surface area (Å²) in [5.41, 5.74) is 2.57. The number of aryl methyl sites for hydroxylation is 1. The molecule has 1 aromatic carbocycles. The number of aromatic amines is 1. The zero-order valence-corrected chi connectivity index (χ0v) is 12.8. The summed E-state index contributed by atoms with van der Waals surface area (Å²) in [5.74, 6) is 1.43. The first-order valence-corrected chi connectivity index (χ1v) is 7.54. The summed E-state index contributed by atoms with van der Waals surface area (Å²) in [6, 6.07) is 5.96. The van der Waals surface area contributed by atoms with Gasteiger partial charge in [-0.25, -0.2) is 4.98 Å². The highest BCUT2D eigenvalue weighted by molar-refractivity contribution is 5.97. The van der Waals surface area contributed by atoms with Gasteiger partial charge in [0, 0.05) is 31.2 Å². The minimum Gasteiger partial charge on any atom is -0.342 e. The number of carbonyl (C=O) groups is 1. The van der Waals surface area contributed by atoms with E-state index in [-0.39, 0.29) is 11.9 Å². The maximum absolute atomic E-state index is 12.8. The van der Waals surface area contributed by atoms with Crippen LogP contribution in [0.4, 0.5) is 0 Å². The van der Waals surface area contributed by atoms with Gasteiger partial charge in [-0.2, -0.15) is 0 Å². The predicted octanol–water partition coefficient (Wildman–Crippen LogP) is 1.94. The second kappa shape index (κ2) is 5.48. The molecule has 0 bridgehead atoms. The van der Waals surface area contributed by atoms with Crippen molar-refractivity contribution in [3.63, 3.8) is 0 Å². The zero-order chi connectivity index (χ0) is 15.0. The van der Waals surface area contributed by atoms with Crippen molar-refractivity contribution >= 4 is 16.9 Å². The van der Waals surface area contributed by atoms with Crippen LogP contribution in [0.15, 0.2) is 18.2 Å². The van der Waals surface area contributed by atoms with Gasteiger partial charge >= 0.3 is 0 Å². The Kier molecular flexibility index (Phi) is 3.68. The number of carbonyl (C=O) groups excluding carboxylic acids is 1. The molecule has 1 aliphatic heterocycles. The zero-order valence-electron chi connectivity index (χ0n) is 12.8. The van der Waals surface area contributed by atoms with Crippen molar-refractivity contribution in [2.24, 2.45) is 5.92 Å². The molecule has 2 aromatic rings. The Hall–Kier alpha value is -1.88. The first-order chi connectivity index (χ1) is 10.1. The number of amides is 1. The van der Waals surface area contributed by atoms with Crippen LogP contribution in [0.2, 0.25) is 0 Å². The van der Waals surface area contributed by atoms with Crippen LogP contribution in [0.25, 0.3) is 11.0 Å². The molecule has 1 saturated heterocycles. The quantitative estimate of drug-likeness (QED) is 0.887. The third-order valence-electron chi connectivity index (χ3n) is 4.16. The van der Waals surface area contributed by atoms with Gasteiger partial charge in [-0.05, 0) is 31.0 Å². The lowest BCUT2D eigenvalue weighted by atomic mass is 9.99. The molecular formula is C16H22N4O. The number of hydrogen-bond donors (Lipinski definition) is 2. The monoisotopic (exact) mass is 286 g/mol. The summed E-state index contributed by atoms with van der Waals surface area (Å²) in [6.07, 6.45) is 0. The van der Waals surface area contributed by atoms with Gasteiger partial charge in [-0.15, -0.1) is 0 Å². The highest BCUT2D eigenvalue weighted by Crippen LogP contribution is 2.19. The van der Waals surface area contributed by atoms with E-state index in [0.717, 1.165) is 42.1 Å². The first kappa shape index (κ1) is 14.1. The Balaban J connectivity index is 1.91. The Morgan fingerprint density at radius 2 is 2.24 bits per heavy atom. The summed E-state index contributed by atoms with van der Waals surface area (Å²) >= 11 is 0. The summed E-state index contributed by atoms with van der Waals surface area (Å²) < 4.78 is 0. The molecule has 5 nitrogen and oxygen atoms in total. The van der Waals surface area contributed by atoms with E-state index in [1.165, 1.54) is 0 Å². The molecule has 112 valence electrons. The Morgan fingerprint density at radius 1 is 1.43 bits per heavy atom. The molecule has 0 radical (unpaired) electrons. The van der Waals surface area contributed by atoms with Crippen molar-refractivity contribution in [1.29, 1.82) is 0 Å². The van der Waals surface area contributed by atoms with Gasteiger partial charge < -0.3 is 15.2 Å². The standard InChI is InChI=1S/C16H22N4O/c1-10(2)15-9-17-6-7-20(15)16(21)12-4-5-13-14(8-12)19-11(3)18-13/h4-5,8,10,15,17H,6-7,9H2,1-3H3,(H,18,19). The van der Waals surface area contributed by atoms with Gasteiger partial charge in [-0.3, -0.25) is 4.79 Å². The van der Waals surface area contributed by atoms with Crippen molar-refractivity contribution in [1.82, 2.24) is 20.2 Å². The molecule has 0 saturated carbocycles. The largest absolute Gasteiger partial charge is 0.342 e. The molecule has 2 N–H and O–H groups in total. The van der Waals surface area contributed by atoms with Crippen LogP contribution in [0.1, 0.15) is 30.0 Å². The minimum atomic E-state index is 0.115. The van der Waals surface area contributed by atoms with Crippen molar-refractivity contribution in [3.05, 3.63) is 29.6 Å².